The summed E-state index contributed by atoms with van der Waals surface area (Å²) in [6.07, 6.45) is 1.80. The second kappa shape index (κ2) is 4.76. The van der Waals surface area contributed by atoms with E-state index in [-0.39, 0.29) is 6.04 Å². The van der Waals surface area contributed by atoms with Gasteiger partial charge in [-0.1, -0.05) is 24.3 Å². The van der Waals surface area contributed by atoms with Gasteiger partial charge >= 0.3 is 0 Å². The van der Waals surface area contributed by atoms with Gasteiger partial charge < -0.3 is 9.32 Å². The molecule has 0 fully saturated rings. The standard InChI is InChI=1S/C16H16N2O/c1-12(18(2)16-9-5-6-10-17-16)15-11-13-7-3-4-8-14(13)19-15/h3-12H,1-2H3. The van der Waals surface area contributed by atoms with Crippen molar-refractivity contribution in [3.05, 3.63) is 60.5 Å². The van der Waals surface area contributed by atoms with Crippen LogP contribution in [-0.2, 0) is 0 Å². The van der Waals surface area contributed by atoms with Crippen LogP contribution in [0.5, 0.6) is 0 Å². The van der Waals surface area contributed by atoms with Gasteiger partial charge in [0.2, 0.25) is 0 Å². The highest BCUT2D eigenvalue weighted by Crippen LogP contribution is 2.28. The lowest BCUT2D eigenvalue weighted by atomic mass is 10.2. The van der Waals surface area contributed by atoms with Gasteiger partial charge in [-0.2, -0.15) is 0 Å². The van der Waals surface area contributed by atoms with E-state index in [1.54, 1.807) is 6.20 Å². The SMILES string of the molecule is CC(c1cc2ccccc2o1)N(C)c1ccccn1. The zero-order chi connectivity index (χ0) is 13.2. The minimum absolute atomic E-state index is 0.141. The molecule has 96 valence electrons. The third kappa shape index (κ3) is 2.19. The first-order valence-electron chi connectivity index (χ1n) is 6.38. The lowest BCUT2D eigenvalue weighted by molar-refractivity contribution is 0.500. The van der Waals surface area contributed by atoms with Gasteiger partial charge in [0.25, 0.3) is 0 Å². The molecule has 0 bridgehead atoms. The molecule has 3 rings (SSSR count). The number of hydrogen-bond donors (Lipinski definition) is 0. The fraction of sp³-hybridized carbons (Fsp3) is 0.188. The maximum Gasteiger partial charge on any atom is 0.134 e. The minimum Gasteiger partial charge on any atom is -0.459 e. The predicted molar refractivity (Wildman–Crippen MR) is 77.3 cm³/mol. The van der Waals surface area contributed by atoms with E-state index in [1.807, 2.05) is 43.4 Å². The van der Waals surface area contributed by atoms with E-state index >= 15 is 0 Å². The Morgan fingerprint density at radius 2 is 1.89 bits per heavy atom. The topological polar surface area (TPSA) is 29.3 Å². The molecule has 0 saturated heterocycles. The third-order valence-corrected chi connectivity index (χ3v) is 3.45. The Morgan fingerprint density at radius 1 is 1.11 bits per heavy atom. The number of benzene rings is 1. The second-order valence-corrected chi connectivity index (χ2v) is 4.66. The van der Waals surface area contributed by atoms with E-state index in [2.05, 4.69) is 28.9 Å². The van der Waals surface area contributed by atoms with Crippen LogP contribution in [-0.4, -0.2) is 12.0 Å². The molecule has 3 heteroatoms. The summed E-state index contributed by atoms with van der Waals surface area (Å²) in [6.45, 7) is 2.12. The van der Waals surface area contributed by atoms with Crippen LogP contribution in [0, 0.1) is 0 Å². The van der Waals surface area contributed by atoms with E-state index in [1.165, 1.54) is 0 Å². The van der Waals surface area contributed by atoms with Crippen molar-refractivity contribution in [3.8, 4) is 0 Å². The Morgan fingerprint density at radius 3 is 2.63 bits per heavy atom. The van der Waals surface area contributed by atoms with Crippen molar-refractivity contribution in [1.29, 1.82) is 0 Å². The van der Waals surface area contributed by atoms with Crippen molar-refractivity contribution in [1.82, 2.24) is 4.98 Å². The van der Waals surface area contributed by atoms with Crippen LogP contribution in [0.1, 0.15) is 18.7 Å². The van der Waals surface area contributed by atoms with Gasteiger partial charge in [0.05, 0.1) is 6.04 Å². The lowest BCUT2D eigenvalue weighted by Gasteiger charge is -2.24. The van der Waals surface area contributed by atoms with Gasteiger partial charge in [-0.3, -0.25) is 0 Å². The van der Waals surface area contributed by atoms with Gasteiger partial charge in [0, 0.05) is 18.6 Å². The fourth-order valence-corrected chi connectivity index (χ4v) is 2.16. The number of pyridine rings is 1. The first kappa shape index (κ1) is 11.8. The molecule has 1 aromatic carbocycles. The average Bonchev–Trinajstić information content (AvgIpc) is 2.90. The molecule has 0 aliphatic heterocycles. The zero-order valence-corrected chi connectivity index (χ0v) is 11.1. The molecule has 0 spiro atoms. The Kier molecular flexibility index (Phi) is 2.95. The maximum atomic E-state index is 5.90. The highest BCUT2D eigenvalue weighted by atomic mass is 16.3. The van der Waals surface area contributed by atoms with E-state index in [9.17, 15) is 0 Å². The Labute approximate surface area is 112 Å². The normalized spacial score (nSPS) is 12.5. The molecule has 3 nitrogen and oxygen atoms in total. The van der Waals surface area contributed by atoms with Gasteiger partial charge in [0.1, 0.15) is 17.2 Å². The van der Waals surface area contributed by atoms with Crippen molar-refractivity contribution in [3.63, 3.8) is 0 Å². The summed E-state index contributed by atoms with van der Waals surface area (Å²) in [4.78, 5) is 6.47. The van der Waals surface area contributed by atoms with Crippen LogP contribution in [0.3, 0.4) is 0 Å². The number of aromatic nitrogens is 1. The Bertz CT molecular complexity index is 642. The van der Waals surface area contributed by atoms with Crippen molar-refractivity contribution >= 4 is 16.8 Å². The lowest BCUT2D eigenvalue weighted by Crippen LogP contribution is -2.21. The van der Waals surface area contributed by atoms with E-state index < -0.39 is 0 Å². The van der Waals surface area contributed by atoms with Gasteiger partial charge in [-0.25, -0.2) is 4.98 Å². The van der Waals surface area contributed by atoms with Crippen molar-refractivity contribution in [2.24, 2.45) is 0 Å². The Balaban J connectivity index is 1.93. The summed E-state index contributed by atoms with van der Waals surface area (Å²) in [5.41, 5.74) is 0.929. The molecule has 0 N–H and O–H groups in total. The minimum atomic E-state index is 0.141. The summed E-state index contributed by atoms with van der Waals surface area (Å²) < 4.78 is 5.90. The molecule has 3 aromatic rings. The number of nitrogens with zero attached hydrogens (tertiary/aromatic N) is 2. The number of hydrogen-bond acceptors (Lipinski definition) is 3. The van der Waals surface area contributed by atoms with Gasteiger partial charge in [-0.05, 0) is 31.2 Å². The fourth-order valence-electron chi connectivity index (χ4n) is 2.16. The maximum absolute atomic E-state index is 5.90. The van der Waals surface area contributed by atoms with Crippen molar-refractivity contribution in [2.75, 3.05) is 11.9 Å². The van der Waals surface area contributed by atoms with Gasteiger partial charge in [0.15, 0.2) is 0 Å². The third-order valence-electron chi connectivity index (χ3n) is 3.45. The van der Waals surface area contributed by atoms with Crippen LogP contribution < -0.4 is 4.90 Å². The largest absolute Gasteiger partial charge is 0.459 e. The van der Waals surface area contributed by atoms with Crippen molar-refractivity contribution in [2.45, 2.75) is 13.0 Å². The molecule has 2 heterocycles. The highest BCUT2D eigenvalue weighted by molar-refractivity contribution is 5.77. The highest BCUT2D eigenvalue weighted by Gasteiger charge is 2.17. The summed E-state index contributed by atoms with van der Waals surface area (Å²) in [5, 5.41) is 1.14. The molecule has 0 amide bonds. The molecule has 1 atom stereocenters. The number of anilines is 1. The van der Waals surface area contributed by atoms with Gasteiger partial charge in [-0.15, -0.1) is 0 Å². The number of furan rings is 1. The molecule has 0 aliphatic carbocycles. The van der Waals surface area contributed by atoms with Crippen LogP contribution in [0.4, 0.5) is 5.82 Å². The van der Waals surface area contributed by atoms with Crippen LogP contribution >= 0.6 is 0 Å². The molecule has 0 aliphatic rings. The second-order valence-electron chi connectivity index (χ2n) is 4.66. The molecular weight excluding hydrogens is 236 g/mol. The summed E-state index contributed by atoms with van der Waals surface area (Å²) in [5.74, 6) is 1.89. The number of fused-ring (bicyclic) bond motifs is 1. The number of para-hydroxylation sites is 1. The molecule has 0 radical (unpaired) electrons. The Hall–Kier alpha value is -2.29. The monoisotopic (exact) mass is 252 g/mol. The molecule has 2 aromatic heterocycles. The van der Waals surface area contributed by atoms with Crippen LogP contribution in [0.15, 0.2) is 59.1 Å². The first-order valence-corrected chi connectivity index (χ1v) is 6.38. The van der Waals surface area contributed by atoms with Crippen LogP contribution in [0.2, 0.25) is 0 Å². The summed E-state index contributed by atoms with van der Waals surface area (Å²) >= 11 is 0. The molecule has 1 unspecified atom stereocenters. The predicted octanol–water partition coefficient (Wildman–Crippen LogP) is 4.03. The van der Waals surface area contributed by atoms with E-state index in [4.69, 9.17) is 4.42 Å². The summed E-state index contributed by atoms with van der Waals surface area (Å²) in [7, 11) is 2.03. The quantitative estimate of drug-likeness (QED) is 0.705. The molecule has 19 heavy (non-hydrogen) atoms. The number of rotatable bonds is 3. The first-order chi connectivity index (χ1) is 9.25. The van der Waals surface area contributed by atoms with Crippen LogP contribution in [0.25, 0.3) is 11.0 Å². The zero-order valence-electron chi connectivity index (χ0n) is 11.1. The molecule has 0 saturated carbocycles. The van der Waals surface area contributed by atoms with Crippen molar-refractivity contribution < 1.29 is 4.42 Å². The van der Waals surface area contributed by atoms with E-state index in [0.717, 1.165) is 22.5 Å². The summed E-state index contributed by atoms with van der Waals surface area (Å²) in [6, 6.07) is 16.2. The smallest absolute Gasteiger partial charge is 0.134 e. The van der Waals surface area contributed by atoms with E-state index in [0.29, 0.717) is 0 Å². The average molecular weight is 252 g/mol. The molecular formula is C16H16N2O.